The highest BCUT2D eigenvalue weighted by Gasteiger charge is 2.14. The van der Waals surface area contributed by atoms with Crippen LogP contribution in [0.15, 0.2) is 17.5 Å². The second-order valence-electron chi connectivity index (χ2n) is 3.19. The fourth-order valence-corrected chi connectivity index (χ4v) is 3.38. The third kappa shape index (κ3) is 1.75. The van der Waals surface area contributed by atoms with Crippen molar-refractivity contribution < 1.29 is 4.79 Å². The molecule has 2 rings (SSSR count). The smallest absolute Gasteiger partial charge is 0.260 e. The lowest BCUT2D eigenvalue weighted by molar-refractivity contribution is 0.100. The van der Waals surface area contributed by atoms with Crippen LogP contribution in [0.1, 0.15) is 15.2 Å². The predicted octanol–water partition coefficient (Wildman–Crippen LogP) is 2.47. The van der Waals surface area contributed by atoms with Crippen LogP contribution in [0.4, 0.5) is 5.69 Å². The normalized spacial score (nSPS) is 10.5. The van der Waals surface area contributed by atoms with Crippen LogP contribution in [0.3, 0.4) is 0 Å². The Labute approximate surface area is 95.3 Å². The van der Waals surface area contributed by atoms with E-state index in [1.54, 1.807) is 11.3 Å². The van der Waals surface area contributed by atoms with Gasteiger partial charge in [0.25, 0.3) is 5.91 Å². The van der Waals surface area contributed by atoms with E-state index in [1.807, 2.05) is 24.4 Å². The number of thiophene rings is 2. The summed E-state index contributed by atoms with van der Waals surface area (Å²) in [5.41, 5.74) is 12.6. The molecule has 0 atom stereocenters. The molecule has 0 aliphatic heterocycles. The molecule has 0 saturated carbocycles. The predicted molar refractivity (Wildman–Crippen MR) is 65.3 cm³/mol. The molecule has 2 aromatic heterocycles. The number of amides is 1. The monoisotopic (exact) mass is 238 g/mol. The Balaban J connectivity index is 2.52. The van der Waals surface area contributed by atoms with E-state index < -0.39 is 5.91 Å². The molecule has 0 aliphatic carbocycles. The summed E-state index contributed by atoms with van der Waals surface area (Å²) in [7, 11) is 0. The number of nitrogens with two attached hydrogens (primary N) is 2. The van der Waals surface area contributed by atoms with Crippen molar-refractivity contribution in [3.8, 4) is 9.75 Å². The Kier molecular flexibility index (Phi) is 2.50. The number of hydrogen-bond acceptors (Lipinski definition) is 4. The molecule has 15 heavy (non-hydrogen) atoms. The van der Waals surface area contributed by atoms with Crippen molar-refractivity contribution in [2.75, 3.05) is 5.73 Å². The summed E-state index contributed by atoms with van der Waals surface area (Å²) in [5, 5.41) is 2.02. The molecule has 2 heterocycles. The van der Waals surface area contributed by atoms with E-state index in [2.05, 4.69) is 0 Å². The highest BCUT2D eigenvalue weighted by molar-refractivity contribution is 7.22. The first-order chi connectivity index (χ1) is 7.09. The Bertz CT molecular complexity index is 513. The molecular weight excluding hydrogens is 228 g/mol. The van der Waals surface area contributed by atoms with Gasteiger partial charge in [0.15, 0.2) is 0 Å². The third-order valence-electron chi connectivity index (χ3n) is 2.07. The van der Waals surface area contributed by atoms with Gasteiger partial charge in [0.1, 0.15) is 4.88 Å². The minimum atomic E-state index is -0.460. The van der Waals surface area contributed by atoms with Crippen LogP contribution in [-0.4, -0.2) is 5.91 Å². The van der Waals surface area contributed by atoms with E-state index in [0.29, 0.717) is 10.6 Å². The van der Waals surface area contributed by atoms with Gasteiger partial charge in [-0.05, 0) is 30.0 Å². The first kappa shape index (κ1) is 10.2. The third-order valence-corrected chi connectivity index (χ3v) is 4.43. The summed E-state index contributed by atoms with van der Waals surface area (Å²) >= 11 is 2.99. The maximum absolute atomic E-state index is 11.0. The summed E-state index contributed by atoms with van der Waals surface area (Å²) in [5.74, 6) is -0.460. The standard InChI is InChI=1S/C10H10N2OS2/c1-5-2-3-14-8(5)7-4-6(11)9(15-7)10(12)13/h2-4H,11H2,1H3,(H2,12,13). The average Bonchev–Trinajstić information content (AvgIpc) is 2.71. The lowest BCUT2D eigenvalue weighted by Gasteiger charge is -1.92. The Morgan fingerprint density at radius 2 is 2.20 bits per heavy atom. The second-order valence-corrected chi connectivity index (χ2v) is 5.16. The van der Waals surface area contributed by atoms with E-state index in [-0.39, 0.29) is 0 Å². The van der Waals surface area contributed by atoms with Crippen molar-refractivity contribution >= 4 is 34.3 Å². The van der Waals surface area contributed by atoms with Gasteiger partial charge in [-0.3, -0.25) is 4.79 Å². The van der Waals surface area contributed by atoms with E-state index in [1.165, 1.54) is 16.9 Å². The molecule has 0 bridgehead atoms. The first-order valence-electron chi connectivity index (χ1n) is 4.33. The van der Waals surface area contributed by atoms with Gasteiger partial charge in [-0.1, -0.05) is 0 Å². The Hall–Kier alpha value is -1.33. The summed E-state index contributed by atoms with van der Waals surface area (Å²) in [6.45, 7) is 2.03. The number of anilines is 1. The summed E-state index contributed by atoms with van der Waals surface area (Å²) in [4.78, 5) is 13.6. The number of nitrogen functional groups attached to an aromatic ring is 1. The maximum atomic E-state index is 11.0. The molecule has 0 saturated heterocycles. The Morgan fingerprint density at radius 1 is 1.47 bits per heavy atom. The topological polar surface area (TPSA) is 69.1 Å². The van der Waals surface area contributed by atoms with Crippen LogP contribution in [-0.2, 0) is 0 Å². The van der Waals surface area contributed by atoms with Crippen molar-refractivity contribution in [3.05, 3.63) is 28.0 Å². The molecule has 1 amide bonds. The van der Waals surface area contributed by atoms with Gasteiger partial charge in [0, 0.05) is 9.75 Å². The van der Waals surface area contributed by atoms with Crippen LogP contribution >= 0.6 is 22.7 Å². The Morgan fingerprint density at radius 3 is 2.67 bits per heavy atom. The molecule has 0 radical (unpaired) electrons. The highest BCUT2D eigenvalue weighted by atomic mass is 32.1. The molecule has 0 spiro atoms. The largest absolute Gasteiger partial charge is 0.397 e. The lowest BCUT2D eigenvalue weighted by Crippen LogP contribution is -2.10. The quantitative estimate of drug-likeness (QED) is 0.843. The minimum absolute atomic E-state index is 0.442. The number of hydrogen-bond donors (Lipinski definition) is 2. The van der Waals surface area contributed by atoms with Crippen molar-refractivity contribution in [1.29, 1.82) is 0 Å². The van der Waals surface area contributed by atoms with Gasteiger partial charge in [-0.25, -0.2) is 0 Å². The zero-order valence-electron chi connectivity index (χ0n) is 8.11. The van der Waals surface area contributed by atoms with E-state index in [4.69, 9.17) is 11.5 Å². The fourth-order valence-electron chi connectivity index (χ4n) is 1.33. The zero-order chi connectivity index (χ0) is 11.0. The maximum Gasteiger partial charge on any atom is 0.260 e. The molecule has 4 N–H and O–H groups in total. The summed E-state index contributed by atoms with van der Waals surface area (Å²) in [6.07, 6.45) is 0. The van der Waals surface area contributed by atoms with Crippen molar-refractivity contribution in [2.24, 2.45) is 5.73 Å². The number of aryl methyl sites for hydroxylation is 1. The molecule has 5 heteroatoms. The fraction of sp³-hybridized carbons (Fsp3) is 0.100. The van der Waals surface area contributed by atoms with Gasteiger partial charge < -0.3 is 11.5 Å². The number of rotatable bonds is 2. The van der Waals surface area contributed by atoms with Crippen molar-refractivity contribution in [2.45, 2.75) is 6.92 Å². The van der Waals surface area contributed by atoms with Crippen LogP contribution in [0.25, 0.3) is 9.75 Å². The summed E-state index contributed by atoms with van der Waals surface area (Å²) < 4.78 is 0. The van der Waals surface area contributed by atoms with Gasteiger partial charge in [-0.2, -0.15) is 0 Å². The van der Waals surface area contributed by atoms with Gasteiger partial charge in [0.2, 0.25) is 0 Å². The molecule has 0 fully saturated rings. The van der Waals surface area contributed by atoms with E-state index in [0.717, 1.165) is 9.75 Å². The van der Waals surface area contributed by atoms with Crippen LogP contribution < -0.4 is 11.5 Å². The number of primary amides is 1. The minimum Gasteiger partial charge on any atom is -0.397 e. The van der Waals surface area contributed by atoms with Crippen LogP contribution in [0, 0.1) is 6.92 Å². The molecule has 0 aromatic carbocycles. The molecule has 0 unspecified atom stereocenters. The van der Waals surface area contributed by atoms with Crippen molar-refractivity contribution in [1.82, 2.24) is 0 Å². The first-order valence-corrected chi connectivity index (χ1v) is 6.03. The summed E-state index contributed by atoms with van der Waals surface area (Å²) in [6, 6.07) is 3.85. The number of carbonyl (C=O) groups excluding carboxylic acids is 1. The second kappa shape index (κ2) is 3.67. The lowest BCUT2D eigenvalue weighted by atomic mass is 10.2. The van der Waals surface area contributed by atoms with Crippen molar-refractivity contribution in [3.63, 3.8) is 0 Å². The SMILES string of the molecule is Cc1ccsc1-c1cc(N)c(C(N)=O)s1. The number of carbonyl (C=O) groups is 1. The van der Waals surface area contributed by atoms with Crippen LogP contribution in [0.5, 0.6) is 0 Å². The van der Waals surface area contributed by atoms with E-state index in [9.17, 15) is 4.79 Å². The highest BCUT2D eigenvalue weighted by Crippen LogP contribution is 2.37. The average molecular weight is 238 g/mol. The molecular formula is C10H10N2OS2. The van der Waals surface area contributed by atoms with Gasteiger partial charge in [0.05, 0.1) is 5.69 Å². The zero-order valence-corrected chi connectivity index (χ0v) is 9.74. The molecule has 2 aromatic rings. The van der Waals surface area contributed by atoms with Gasteiger partial charge >= 0.3 is 0 Å². The van der Waals surface area contributed by atoms with E-state index >= 15 is 0 Å². The van der Waals surface area contributed by atoms with Gasteiger partial charge in [-0.15, -0.1) is 22.7 Å². The molecule has 3 nitrogen and oxygen atoms in total. The molecule has 78 valence electrons. The molecule has 0 aliphatic rings. The van der Waals surface area contributed by atoms with Crippen LogP contribution in [0.2, 0.25) is 0 Å².